The molecule has 3 heteroatoms. The van der Waals surface area contributed by atoms with Crippen LogP contribution in [0.4, 0.5) is 0 Å². The maximum absolute atomic E-state index is 11.5. The summed E-state index contributed by atoms with van der Waals surface area (Å²) in [6.45, 7) is 2.32. The Balaban J connectivity index is 2.03. The summed E-state index contributed by atoms with van der Waals surface area (Å²) < 4.78 is 5.03. The molecule has 13 heavy (non-hydrogen) atoms. The van der Waals surface area contributed by atoms with E-state index in [9.17, 15) is 4.79 Å². The molecule has 4 atom stereocenters. The van der Waals surface area contributed by atoms with Crippen molar-refractivity contribution in [3.05, 3.63) is 0 Å². The Kier molecular flexibility index (Phi) is 2.28. The predicted octanol–water partition coefficient (Wildman–Crippen LogP) is 0.923. The van der Waals surface area contributed by atoms with Crippen LogP contribution in [0.2, 0.25) is 0 Å². The summed E-state index contributed by atoms with van der Waals surface area (Å²) in [5, 5.41) is 0. The van der Waals surface area contributed by atoms with E-state index in [1.54, 1.807) is 0 Å². The van der Waals surface area contributed by atoms with Gasteiger partial charge in [-0.2, -0.15) is 0 Å². The smallest absolute Gasteiger partial charge is 0.310 e. The first-order valence-electron chi connectivity index (χ1n) is 5.16. The van der Waals surface area contributed by atoms with E-state index in [0.717, 1.165) is 6.42 Å². The lowest BCUT2D eigenvalue weighted by atomic mass is 9.85. The summed E-state index contributed by atoms with van der Waals surface area (Å²) in [7, 11) is 0. The molecular weight excluding hydrogens is 166 g/mol. The van der Waals surface area contributed by atoms with Gasteiger partial charge in [-0.25, -0.2) is 0 Å². The molecule has 0 amide bonds. The fourth-order valence-corrected chi connectivity index (χ4v) is 2.92. The molecule has 3 nitrogen and oxygen atoms in total. The Morgan fingerprint density at radius 3 is 2.69 bits per heavy atom. The zero-order valence-electron chi connectivity index (χ0n) is 8.03. The van der Waals surface area contributed by atoms with Crippen LogP contribution in [0.5, 0.6) is 0 Å². The minimum absolute atomic E-state index is 0.00120. The molecule has 1 unspecified atom stereocenters. The number of hydrogen-bond donors (Lipinski definition) is 1. The summed E-state index contributed by atoms with van der Waals surface area (Å²) in [5.41, 5.74) is 5.99. The van der Waals surface area contributed by atoms with Crippen molar-refractivity contribution in [2.75, 3.05) is 6.61 Å². The quantitative estimate of drug-likeness (QED) is 0.648. The number of ether oxygens (including phenoxy) is 1. The number of carbonyl (C=O) groups excluding carboxylic acids is 1. The molecule has 0 saturated heterocycles. The summed E-state index contributed by atoms with van der Waals surface area (Å²) in [5.74, 6) is 1.03. The number of hydrogen-bond acceptors (Lipinski definition) is 3. The van der Waals surface area contributed by atoms with E-state index < -0.39 is 0 Å². The minimum Gasteiger partial charge on any atom is -0.466 e. The van der Waals surface area contributed by atoms with Crippen molar-refractivity contribution < 1.29 is 9.53 Å². The Hall–Kier alpha value is -0.570. The third kappa shape index (κ3) is 1.35. The average molecular weight is 183 g/mol. The molecule has 0 aliphatic heterocycles. The Morgan fingerprint density at radius 1 is 1.46 bits per heavy atom. The average Bonchev–Trinajstić information content (AvgIpc) is 2.63. The second kappa shape index (κ2) is 3.29. The fraction of sp³-hybridized carbons (Fsp3) is 0.900. The molecule has 74 valence electrons. The molecule has 0 aromatic rings. The molecule has 2 N–H and O–H groups in total. The van der Waals surface area contributed by atoms with E-state index in [2.05, 4.69) is 0 Å². The van der Waals surface area contributed by atoms with Crippen LogP contribution in [0.1, 0.15) is 26.2 Å². The lowest BCUT2D eigenvalue weighted by Crippen LogP contribution is -2.41. The van der Waals surface area contributed by atoms with Crippen molar-refractivity contribution in [2.45, 2.75) is 32.2 Å². The van der Waals surface area contributed by atoms with Crippen LogP contribution in [-0.4, -0.2) is 18.6 Å². The number of rotatable bonds is 2. The number of nitrogens with two attached hydrogens (primary N) is 1. The lowest BCUT2D eigenvalue weighted by molar-refractivity contribution is -0.150. The second-order valence-electron chi connectivity index (χ2n) is 4.19. The number of esters is 1. The predicted molar refractivity (Wildman–Crippen MR) is 48.9 cm³/mol. The van der Waals surface area contributed by atoms with E-state index >= 15 is 0 Å². The summed E-state index contributed by atoms with van der Waals surface area (Å²) >= 11 is 0. The third-order valence-electron chi connectivity index (χ3n) is 3.54. The molecule has 0 spiro atoms. The van der Waals surface area contributed by atoms with Gasteiger partial charge < -0.3 is 10.5 Å². The van der Waals surface area contributed by atoms with Gasteiger partial charge in [0.15, 0.2) is 0 Å². The van der Waals surface area contributed by atoms with E-state index in [0.29, 0.717) is 18.4 Å². The van der Waals surface area contributed by atoms with Crippen molar-refractivity contribution in [3.63, 3.8) is 0 Å². The van der Waals surface area contributed by atoms with Crippen molar-refractivity contribution in [3.8, 4) is 0 Å². The Labute approximate surface area is 78.6 Å². The van der Waals surface area contributed by atoms with Crippen LogP contribution in [0.25, 0.3) is 0 Å². The van der Waals surface area contributed by atoms with Gasteiger partial charge in [0.25, 0.3) is 0 Å². The van der Waals surface area contributed by atoms with E-state index in [1.807, 2.05) is 6.92 Å². The highest BCUT2D eigenvalue weighted by Gasteiger charge is 2.49. The van der Waals surface area contributed by atoms with Gasteiger partial charge in [-0.05, 0) is 38.0 Å². The molecule has 2 aliphatic rings. The highest BCUT2D eigenvalue weighted by Crippen LogP contribution is 2.47. The zero-order chi connectivity index (χ0) is 9.42. The van der Waals surface area contributed by atoms with Crippen LogP contribution >= 0.6 is 0 Å². The van der Waals surface area contributed by atoms with Gasteiger partial charge in [0, 0.05) is 6.04 Å². The van der Waals surface area contributed by atoms with Crippen molar-refractivity contribution >= 4 is 5.97 Å². The van der Waals surface area contributed by atoms with E-state index in [1.165, 1.54) is 12.8 Å². The summed E-state index contributed by atoms with van der Waals surface area (Å²) in [6.07, 6.45) is 3.52. The Bertz CT molecular complexity index is 215. The molecule has 2 bridgehead atoms. The van der Waals surface area contributed by atoms with Gasteiger partial charge in [-0.15, -0.1) is 0 Å². The highest BCUT2D eigenvalue weighted by atomic mass is 16.5. The molecule has 0 radical (unpaired) electrons. The first-order valence-corrected chi connectivity index (χ1v) is 5.16. The first-order chi connectivity index (χ1) is 6.24. The van der Waals surface area contributed by atoms with Gasteiger partial charge >= 0.3 is 5.97 Å². The second-order valence-corrected chi connectivity index (χ2v) is 4.19. The number of fused-ring (bicyclic) bond motifs is 2. The maximum atomic E-state index is 11.5. The maximum Gasteiger partial charge on any atom is 0.310 e. The van der Waals surface area contributed by atoms with Crippen molar-refractivity contribution in [1.82, 2.24) is 0 Å². The standard InChI is InChI=1S/C10H17NO2/c1-2-13-10(12)8-6-3-4-7(5-6)9(8)11/h6-9H,2-5,11H2,1H3/t6-,7?,8-,9+/m1/s1. The van der Waals surface area contributed by atoms with Gasteiger partial charge in [0.05, 0.1) is 12.5 Å². The van der Waals surface area contributed by atoms with Crippen LogP contribution in [0, 0.1) is 17.8 Å². The van der Waals surface area contributed by atoms with E-state index in [4.69, 9.17) is 10.5 Å². The molecule has 2 saturated carbocycles. The molecule has 2 fully saturated rings. The zero-order valence-corrected chi connectivity index (χ0v) is 8.03. The molecule has 2 rings (SSSR count). The summed E-state index contributed by atoms with van der Waals surface area (Å²) in [4.78, 5) is 11.5. The molecule has 0 aromatic carbocycles. The normalized spacial score (nSPS) is 42.3. The van der Waals surface area contributed by atoms with Gasteiger partial charge in [-0.3, -0.25) is 4.79 Å². The summed E-state index contributed by atoms with van der Waals surface area (Å²) in [6, 6.07) is 0.0674. The van der Waals surface area contributed by atoms with Crippen molar-refractivity contribution in [1.29, 1.82) is 0 Å². The molecule has 0 heterocycles. The van der Waals surface area contributed by atoms with Crippen LogP contribution in [0.3, 0.4) is 0 Å². The molecule has 2 aliphatic carbocycles. The third-order valence-corrected chi connectivity index (χ3v) is 3.54. The Morgan fingerprint density at radius 2 is 2.15 bits per heavy atom. The monoisotopic (exact) mass is 183 g/mol. The molecular formula is C10H17NO2. The van der Waals surface area contributed by atoms with Crippen LogP contribution < -0.4 is 5.73 Å². The number of carbonyl (C=O) groups is 1. The highest BCUT2D eigenvalue weighted by molar-refractivity contribution is 5.74. The largest absolute Gasteiger partial charge is 0.466 e. The minimum atomic E-state index is -0.0674. The van der Waals surface area contributed by atoms with Crippen molar-refractivity contribution in [2.24, 2.45) is 23.5 Å². The van der Waals surface area contributed by atoms with Crippen LogP contribution in [-0.2, 0) is 9.53 Å². The molecule has 0 aromatic heterocycles. The first kappa shape index (κ1) is 9.00. The topological polar surface area (TPSA) is 52.3 Å². The van der Waals surface area contributed by atoms with Gasteiger partial charge in [-0.1, -0.05) is 0 Å². The van der Waals surface area contributed by atoms with Crippen LogP contribution in [0.15, 0.2) is 0 Å². The SMILES string of the molecule is CCOC(=O)[C@@H]1[C@@H]2CCC(C2)[C@@H]1N. The fourth-order valence-electron chi connectivity index (χ4n) is 2.92. The van der Waals surface area contributed by atoms with E-state index in [-0.39, 0.29) is 17.9 Å². The van der Waals surface area contributed by atoms with Gasteiger partial charge in [0.2, 0.25) is 0 Å². The van der Waals surface area contributed by atoms with Gasteiger partial charge in [0.1, 0.15) is 0 Å². The lowest BCUT2D eigenvalue weighted by Gasteiger charge is -2.25.